The lowest BCUT2D eigenvalue weighted by molar-refractivity contribution is -0.0428. The number of hydrogen-bond acceptors (Lipinski definition) is 2. The highest BCUT2D eigenvalue weighted by Crippen LogP contribution is 2.34. The van der Waals surface area contributed by atoms with Gasteiger partial charge in [0, 0.05) is 18.0 Å². The Hall–Kier alpha value is -0.380. The maximum absolute atomic E-state index is 10.6. The Morgan fingerprint density at radius 1 is 1.35 bits per heavy atom. The molecule has 1 aromatic carbocycles. The fourth-order valence-electron chi connectivity index (χ4n) is 2.54. The molecule has 1 aromatic rings. The minimum atomic E-state index is -0.557. The summed E-state index contributed by atoms with van der Waals surface area (Å²) >= 11 is 3.54. The van der Waals surface area contributed by atoms with Gasteiger partial charge in [0.25, 0.3) is 0 Å². The Balaban J connectivity index is 2.01. The summed E-state index contributed by atoms with van der Waals surface area (Å²) in [7, 11) is 1.75. The van der Waals surface area contributed by atoms with Crippen molar-refractivity contribution in [2.24, 2.45) is 0 Å². The van der Waals surface area contributed by atoms with E-state index in [1.807, 2.05) is 18.2 Å². The molecule has 0 saturated heterocycles. The predicted molar refractivity (Wildman–Crippen MR) is 72.1 cm³/mol. The molecule has 0 radical (unpaired) electrons. The van der Waals surface area contributed by atoms with Gasteiger partial charge in [-0.25, -0.2) is 0 Å². The summed E-state index contributed by atoms with van der Waals surface area (Å²) < 4.78 is 6.42. The van der Waals surface area contributed by atoms with Crippen molar-refractivity contribution in [2.45, 2.75) is 43.8 Å². The highest BCUT2D eigenvalue weighted by molar-refractivity contribution is 9.10. The van der Waals surface area contributed by atoms with E-state index >= 15 is 0 Å². The van der Waals surface area contributed by atoms with Crippen LogP contribution in [0.2, 0.25) is 0 Å². The van der Waals surface area contributed by atoms with Gasteiger partial charge in [-0.05, 0) is 37.3 Å². The smallest absolute Gasteiger partial charge is 0.0690 e. The lowest BCUT2D eigenvalue weighted by Gasteiger charge is -2.35. The van der Waals surface area contributed by atoms with Gasteiger partial charge in [0.05, 0.1) is 11.7 Å². The van der Waals surface area contributed by atoms with E-state index in [1.165, 1.54) is 5.56 Å². The Bertz CT molecular complexity index is 370. The average Bonchev–Trinajstić information content (AvgIpc) is 2.33. The third-order valence-corrected chi connectivity index (χ3v) is 4.45. The molecule has 0 atom stereocenters. The van der Waals surface area contributed by atoms with Gasteiger partial charge in [0.15, 0.2) is 0 Å². The largest absolute Gasteiger partial charge is 0.390 e. The maximum atomic E-state index is 10.6. The van der Waals surface area contributed by atoms with Crippen LogP contribution in [0.5, 0.6) is 0 Å². The summed E-state index contributed by atoms with van der Waals surface area (Å²) in [6.07, 6.45) is 4.62. The summed E-state index contributed by atoms with van der Waals surface area (Å²) in [4.78, 5) is 0. The summed E-state index contributed by atoms with van der Waals surface area (Å²) in [5.74, 6) is 0. The van der Waals surface area contributed by atoms with E-state index in [1.54, 1.807) is 7.11 Å². The molecular weight excluding hydrogens is 280 g/mol. The van der Waals surface area contributed by atoms with E-state index in [4.69, 9.17) is 4.74 Å². The Morgan fingerprint density at radius 3 is 2.59 bits per heavy atom. The molecule has 1 saturated carbocycles. The molecule has 0 heterocycles. The molecule has 1 fully saturated rings. The Labute approximate surface area is 111 Å². The van der Waals surface area contributed by atoms with Gasteiger partial charge in [0.1, 0.15) is 0 Å². The Kier molecular flexibility index (Phi) is 4.23. The first kappa shape index (κ1) is 13.1. The molecule has 1 aliphatic rings. The molecule has 1 N–H and O–H groups in total. The van der Waals surface area contributed by atoms with E-state index < -0.39 is 5.60 Å². The number of ether oxygens (including phenoxy) is 1. The summed E-state index contributed by atoms with van der Waals surface area (Å²) in [5, 5.41) is 10.6. The van der Waals surface area contributed by atoms with Gasteiger partial charge < -0.3 is 9.84 Å². The zero-order valence-corrected chi connectivity index (χ0v) is 11.7. The second-order valence-electron chi connectivity index (χ2n) is 4.93. The normalized spacial score (nSPS) is 29.2. The van der Waals surface area contributed by atoms with E-state index in [2.05, 4.69) is 22.0 Å². The number of halogens is 1. The highest BCUT2D eigenvalue weighted by Gasteiger charge is 2.33. The first-order valence-electron chi connectivity index (χ1n) is 6.11. The van der Waals surface area contributed by atoms with Gasteiger partial charge in [-0.3, -0.25) is 0 Å². The Morgan fingerprint density at radius 2 is 2.00 bits per heavy atom. The lowest BCUT2D eigenvalue weighted by Crippen LogP contribution is -2.38. The first-order valence-corrected chi connectivity index (χ1v) is 6.91. The van der Waals surface area contributed by atoms with Crippen LogP contribution >= 0.6 is 15.9 Å². The molecule has 2 rings (SSSR count). The lowest BCUT2D eigenvalue weighted by atomic mass is 9.79. The van der Waals surface area contributed by atoms with Gasteiger partial charge >= 0.3 is 0 Å². The number of methoxy groups -OCH3 is 1. The van der Waals surface area contributed by atoms with Crippen molar-refractivity contribution < 1.29 is 9.84 Å². The van der Waals surface area contributed by atoms with Crippen LogP contribution in [0.25, 0.3) is 0 Å². The van der Waals surface area contributed by atoms with Crippen molar-refractivity contribution in [1.29, 1.82) is 0 Å². The van der Waals surface area contributed by atoms with Crippen LogP contribution in [-0.4, -0.2) is 23.9 Å². The van der Waals surface area contributed by atoms with E-state index in [9.17, 15) is 5.11 Å². The monoisotopic (exact) mass is 298 g/mol. The van der Waals surface area contributed by atoms with Crippen LogP contribution in [-0.2, 0) is 11.2 Å². The third kappa shape index (κ3) is 3.30. The van der Waals surface area contributed by atoms with Crippen molar-refractivity contribution in [3.8, 4) is 0 Å². The minimum absolute atomic E-state index is 0.328. The van der Waals surface area contributed by atoms with Crippen molar-refractivity contribution in [2.75, 3.05) is 7.11 Å². The molecule has 0 unspecified atom stereocenters. The van der Waals surface area contributed by atoms with Gasteiger partial charge in [0.2, 0.25) is 0 Å². The van der Waals surface area contributed by atoms with Crippen LogP contribution in [0.15, 0.2) is 28.7 Å². The molecule has 3 heteroatoms. The number of benzene rings is 1. The van der Waals surface area contributed by atoms with E-state index in [-0.39, 0.29) is 0 Å². The topological polar surface area (TPSA) is 29.5 Å². The van der Waals surface area contributed by atoms with Gasteiger partial charge in [-0.2, -0.15) is 0 Å². The molecule has 0 aliphatic heterocycles. The van der Waals surface area contributed by atoms with Crippen LogP contribution in [0, 0.1) is 0 Å². The highest BCUT2D eigenvalue weighted by atomic mass is 79.9. The van der Waals surface area contributed by atoms with Crippen LogP contribution < -0.4 is 0 Å². The standard InChI is InChI=1S/C14H19BrO2/c1-17-12-6-8-14(16,9-7-12)10-11-4-2-3-5-13(11)15/h2-5,12,16H,6-10H2,1H3. The van der Waals surface area contributed by atoms with Crippen molar-refractivity contribution >= 4 is 15.9 Å². The third-order valence-electron chi connectivity index (χ3n) is 3.67. The molecule has 0 aromatic heterocycles. The molecule has 17 heavy (non-hydrogen) atoms. The summed E-state index contributed by atoms with van der Waals surface area (Å²) in [6.45, 7) is 0. The zero-order chi connectivity index (χ0) is 12.3. The SMILES string of the molecule is COC1CCC(O)(Cc2ccccc2Br)CC1. The fourth-order valence-corrected chi connectivity index (χ4v) is 2.96. The fraction of sp³-hybridized carbons (Fsp3) is 0.571. The molecule has 1 aliphatic carbocycles. The molecule has 0 bridgehead atoms. The summed E-state index contributed by atoms with van der Waals surface area (Å²) in [6, 6.07) is 8.12. The van der Waals surface area contributed by atoms with Crippen molar-refractivity contribution in [1.82, 2.24) is 0 Å². The first-order chi connectivity index (χ1) is 8.13. The molecule has 94 valence electrons. The molecule has 2 nitrogen and oxygen atoms in total. The van der Waals surface area contributed by atoms with Gasteiger partial charge in [-0.1, -0.05) is 34.1 Å². The number of hydrogen-bond donors (Lipinski definition) is 1. The van der Waals surface area contributed by atoms with Crippen LogP contribution in [0.4, 0.5) is 0 Å². The minimum Gasteiger partial charge on any atom is -0.390 e. The number of rotatable bonds is 3. The van der Waals surface area contributed by atoms with E-state index in [0.717, 1.165) is 36.6 Å². The number of aliphatic hydroxyl groups is 1. The quantitative estimate of drug-likeness (QED) is 0.928. The summed E-state index contributed by atoms with van der Waals surface area (Å²) in [5.41, 5.74) is 0.629. The molecular formula is C14H19BrO2. The second kappa shape index (κ2) is 5.51. The average molecular weight is 299 g/mol. The maximum Gasteiger partial charge on any atom is 0.0690 e. The van der Waals surface area contributed by atoms with Crippen molar-refractivity contribution in [3.63, 3.8) is 0 Å². The second-order valence-corrected chi connectivity index (χ2v) is 5.78. The van der Waals surface area contributed by atoms with Crippen molar-refractivity contribution in [3.05, 3.63) is 34.3 Å². The van der Waals surface area contributed by atoms with Crippen LogP contribution in [0.3, 0.4) is 0 Å². The van der Waals surface area contributed by atoms with Crippen LogP contribution in [0.1, 0.15) is 31.2 Å². The molecule has 0 amide bonds. The van der Waals surface area contributed by atoms with E-state index in [0.29, 0.717) is 6.10 Å². The zero-order valence-electron chi connectivity index (χ0n) is 10.2. The predicted octanol–water partition coefficient (Wildman–Crippen LogP) is 3.31. The van der Waals surface area contributed by atoms with Gasteiger partial charge in [-0.15, -0.1) is 0 Å². The molecule has 0 spiro atoms.